The van der Waals surface area contributed by atoms with E-state index in [9.17, 15) is 9.59 Å². The molecule has 0 aromatic carbocycles. The molecule has 0 radical (unpaired) electrons. The number of nitrogens with one attached hydrogen (secondary N) is 1. The van der Waals surface area contributed by atoms with Crippen molar-refractivity contribution in [3.05, 3.63) is 22.6 Å². The lowest BCUT2D eigenvalue weighted by atomic mass is 10.6. The minimum Gasteiger partial charge on any atom is -0.315 e. The first kappa shape index (κ1) is 11.0. The Morgan fingerprint density at radius 2 is 2.35 bits per heavy atom. The summed E-state index contributed by atoms with van der Waals surface area (Å²) in [6.45, 7) is 1.42. The Hall–Kier alpha value is -2.45. The average Bonchev–Trinajstić information content (AvgIpc) is 2.79. The van der Waals surface area contributed by atoms with Crippen LogP contribution in [0.1, 0.15) is 5.82 Å². The molecule has 0 saturated carbocycles. The third-order valence-electron chi connectivity index (χ3n) is 1.95. The maximum atomic E-state index is 11.5. The molecule has 9 heteroatoms. The van der Waals surface area contributed by atoms with Crippen LogP contribution in [0.3, 0.4) is 0 Å². The minimum atomic E-state index is -0.463. The van der Waals surface area contributed by atoms with Crippen molar-refractivity contribution in [2.24, 2.45) is 7.05 Å². The summed E-state index contributed by atoms with van der Waals surface area (Å²) in [7, 11) is 1.55. The number of anilines is 1. The van der Waals surface area contributed by atoms with Gasteiger partial charge in [-0.15, -0.1) is 0 Å². The minimum absolute atomic E-state index is 0.00326. The number of nitrogens with zero attached hydrogens (tertiary/aromatic N) is 5. The van der Waals surface area contributed by atoms with E-state index >= 15 is 0 Å². The third-order valence-corrected chi connectivity index (χ3v) is 1.95. The molecule has 0 spiro atoms. The van der Waals surface area contributed by atoms with Crippen molar-refractivity contribution >= 4 is 11.9 Å². The Balaban J connectivity index is 2.03. The monoisotopic (exact) mass is 238 g/mol. The zero-order chi connectivity index (χ0) is 12.4. The molecular weight excluding hydrogens is 228 g/mol. The van der Waals surface area contributed by atoms with Crippen molar-refractivity contribution in [3.63, 3.8) is 0 Å². The summed E-state index contributed by atoms with van der Waals surface area (Å²) in [5.41, 5.74) is -0.373. The molecule has 0 aliphatic rings. The number of rotatable bonds is 3. The second-order valence-corrected chi connectivity index (χ2v) is 3.38. The summed E-state index contributed by atoms with van der Waals surface area (Å²) in [5.74, 6) is -0.0512. The van der Waals surface area contributed by atoms with Gasteiger partial charge in [0.05, 0.1) is 0 Å². The van der Waals surface area contributed by atoms with Crippen LogP contribution in [-0.4, -0.2) is 30.4 Å². The fraction of sp³-hybridized carbons (Fsp3) is 0.375. The van der Waals surface area contributed by atoms with E-state index in [2.05, 4.69) is 20.6 Å². The Morgan fingerprint density at radius 3 is 2.88 bits per heavy atom. The van der Waals surface area contributed by atoms with Crippen molar-refractivity contribution in [1.82, 2.24) is 24.5 Å². The summed E-state index contributed by atoms with van der Waals surface area (Å²) in [6, 6.07) is -0.00326. The smallest absolute Gasteiger partial charge is 0.315 e. The van der Waals surface area contributed by atoms with E-state index in [1.807, 2.05) is 0 Å². The fourth-order valence-electron chi connectivity index (χ4n) is 1.17. The van der Waals surface area contributed by atoms with Crippen LogP contribution < -0.4 is 11.0 Å². The molecule has 0 bridgehead atoms. The molecule has 0 unspecified atom stereocenters. The molecule has 2 rings (SSSR count). The zero-order valence-electron chi connectivity index (χ0n) is 9.25. The molecule has 1 N–H and O–H groups in total. The number of hydrogen-bond acceptors (Lipinski definition) is 6. The van der Waals surface area contributed by atoms with Crippen LogP contribution in [0.2, 0.25) is 0 Å². The van der Waals surface area contributed by atoms with Gasteiger partial charge in [-0.3, -0.25) is 14.7 Å². The van der Waals surface area contributed by atoms with E-state index in [1.54, 1.807) is 14.0 Å². The van der Waals surface area contributed by atoms with Gasteiger partial charge in [0, 0.05) is 7.05 Å². The largest absolute Gasteiger partial charge is 0.345 e. The van der Waals surface area contributed by atoms with Crippen LogP contribution in [0.4, 0.5) is 6.01 Å². The highest BCUT2D eigenvalue weighted by molar-refractivity contribution is 5.88. The van der Waals surface area contributed by atoms with Crippen LogP contribution in [0.15, 0.2) is 15.6 Å². The first-order valence-corrected chi connectivity index (χ1v) is 4.75. The predicted octanol–water partition coefficient (Wildman–Crippen LogP) is -1.09. The van der Waals surface area contributed by atoms with Gasteiger partial charge in [-0.25, -0.2) is 9.48 Å². The van der Waals surface area contributed by atoms with Crippen molar-refractivity contribution < 1.29 is 9.32 Å². The molecular formula is C8H10N6O3. The van der Waals surface area contributed by atoms with Gasteiger partial charge >= 0.3 is 11.7 Å². The lowest BCUT2D eigenvalue weighted by molar-refractivity contribution is -0.117. The standard InChI is InChI=1S/C8H10N6O3/c1-5-10-7(17-12-5)11-6(15)3-14-8(16)13(2)4-9-14/h4H,3H2,1-2H3,(H,10,11,12,15). The van der Waals surface area contributed by atoms with Gasteiger partial charge < -0.3 is 4.52 Å². The summed E-state index contributed by atoms with van der Waals surface area (Å²) in [6.07, 6.45) is 1.33. The molecule has 1 amide bonds. The van der Waals surface area contributed by atoms with Crippen LogP contribution in [-0.2, 0) is 18.4 Å². The molecule has 2 heterocycles. The number of amides is 1. The van der Waals surface area contributed by atoms with E-state index in [0.29, 0.717) is 5.82 Å². The van der Waals surface area contributed by atoms with E-state index in [0.717, 1.165) is 4.68 Å². The summed E-state index contributed by atoms with van der Waals surface area (Å²) in [4.78, 5) is 26.7. The Bertz CT molecular complexity index is 594. The third kappa shape index (κ3) is 2.38. The molecule has 2 aromatic rings. The molecule has 9 nitrogen and oxygen atoms in total. The quantitative estimate of drug-likeness (QED) is 0.728. The van der Waals surface area contributed by atoms with E-state index < -0.39 is 5.91 Å². The van der Waals surface area contributed by atoms with E-state index in [-0.39, 0.29) is 18.2 Å². The zero-order valence-corrected chi connectivity index (χ0v) is 9.25. The number of aromatic nitrogens is 5. The van der Waals surface area contributed by atoms with Gasteiger partial charge in [-0.2, -0.15) is 10.1 Å². The topological polar surface area (TPSA) is 108 Å². The van der Waals surface area contributed by atoms with Gasteiger partial charge in [0.2, 0.25) is 5.91 Å². The number of carbonyl (C=O) groups excluding carboxylic acids is 1. The normalized spacial score (nSPS) is 10.5. The van der Waals surface area contributed by atoms with Gasteiger partial charge in [-0.1, -0.05) is 5.16 Å². The molecule has 17 heavy (non-hydrogen) atoms. The molecule has 0 atom stereocenters. The van der Waals surface area contributed by atoms with Gasteiger partial charge in [0.1, 0.15) is 12.9 Å². The van der Waals surface area contributed by atoms with Crippen molar-refractivity contribution in [2.75, 3.05) is 5.32 Å². The predicted molar refractivity (Wildman–Crippen MR) is 55.1 cm³/mol. The second-order valence-electron chi connectivity index (χ2n) is 3.38. The highest BCUT2D eigenvalue weighted by Gasteiger charge is 2.11. The van der Waals surface area contributed by atoms with Crippen LogP contribution in [0.25, 0.3) is 0 Å². The molecule has 0 fully saturated rings. The first-order valence-electron chi connectivity index (χ1n) is 4.75. The fourth-order valence-corrected chi connectivity index (χ4v) is 1.17. The molecule has 90 valence electrons. The lowest BCUT2D eigenvalue weighted by Crippen LogP contribution is -2.29. The molecule has 2 aromatic heterocycles. The Labute approximate surface area is 95.0 Å². The molecule has 0 aliphatic carbocycles. The summed E-state index contributed by atoms with van der Waals surface area (Å²) >= 11 is 0. The van der Waals surface area contributed by atoms with E-state index in [1.165, 1.54) is 10.9 Å². The van der Waals surface area contributed by atoms with Gasteiger partial charge in [0.25, 0.3) is 0 Å². The van der Waals surface area contributed by atoms with Gasteiger partial charge in [0.15, 0.2) is 5.82 Å². The van der Waals surface area contributed by atoms with Gasteiger partial charge in [-0.05, 0) is 6.92 Å². The maximum Gasteiger partial charge on any atom is 0.345 e. The first-order chi connectivity index (χ1) is 8.06. The highest BCUT2D eigenvalue weighted by Crippen LogP contribution is 2.01. The van der Waals surface area contributed by atoms with Crippen LogP contribution in [0.5, 0.6) is 0 Å². The Morgan fingerprint density at radius 1 is 1.59 bits per heavy atom. The SMILES string of the molecule is Cc1noc(NC(=O)Cn2ncn(C)c2=O)n1. The van der Waals surface area contributed by atoms with Crippen LogP contribution >= 0.6 is 0 Å². The number of carbonyl (C=O) groups is 1. The second kappa shape index (κ2) is 4.20. The average molecular weight is 238 g/mol. The van der Waals surface area contributed by atoms with Crippen LogP contribution in [0, 0.1) is 6.92 Å². The van der Waals surface area contributed by atoms with E-state index in [4.69, 9.17) is 4.52 Å². The number of hydrogen-bond donors (Lipinski definition) is 1. The van der Waals surface area contributed by atoms with Crippen molar-refractivity contribution in [1.29, 1.82) is 0 Å². The Kier molecular flexibility index (Phi) is 2.73. The number of aryl methyl sites for hydroxylation is 2. The maximum absolute atomic E-state index is 11.5. The lowest BCUT2D eigenvalue weighted by Gasteiger charge is -1.98. The van der Waals surface area contributed by atoms with Crippen molar-refractivity contribution in [3.8, 4) is 0 Å². The molecule has 0 aliphatic heterocycles. The highest BCUT2D eigenvalue weighted by atomic mass is 16.5. The molecule has 0 saturated heterocycles. The van der Waals surface area contributed by atoms with Crippen molar-refractivity contribution in [2.45, 2.75) is 13.5 Å². The summed E-state index contributed by atoms with van der Waals surface area (Å²) in [5, 5.41) is 9.61. The summed E-state index contributed by atoms with van der Waals surface area (Å²) < 4.78 is 7.00.